The molecule has 0 bridgehead atoms. The summed E-state index contributed by atoms with van der Waals surface area (Å²) in [6.07, 6.45) is 1.16. The van der Waals surface area contributed by atoms with Crippen LogP contribution >= 0.6 is 27.7 Å². The van der Waals surface area contributed by atoms with E-state index < -0.39 is 0 Å². The van der Waals surface area contributed by atoms with Gasteiger partial charge >= 0.3 is 0 Å². The van der Waals surface area contributed by atoms with E-state index in [0.717, 1.165) is 19.5 Å². The van der Waals surface area contributed by atoms with Crippen molar-refractivity contribution in [1.29, 1.82) is 0 Å². The van der Waals surface area contributed by atoms with Crippen molar-refractivity contribution in [2.75, 3.05) is 18.0 Å². The Hall–Kier alpha value is -0.970. The Labute approximate surface area is 138 Å². The zero-order chi connectivity index (χ0) is 14.2. The molecule has 2 aliphatic rings. The number of benzene rings is 2. The quantitative estimate of drug-likeness (QED) is 0.758. The normalized spacial score (nSPS) is 24.3. The number of nitrogens with zero attached hydrogens (tertiary/aromatic N) is 1. The van der Waals surface area contributed by atoms with Gasteiger partial charge in [-0.05, 0) is 37.2 Å². The predicted octanol–water partition coefficient (Wildman–Crippen LogP) is 4.41. The number of hydrogen-bond acceptors (Lipinski definition) is 3. The van der Waals surface area contributed by atoms with Gasteiger partial charge in [-0.15, -0.1) is 0 Å². The Morgan fingerprint density at radius 1 is 1.00 bits per heavy atom. The molecule has 0 radical (unpaired) electrons. The van der Waals surface area contributed by atoms with E-state index in [1.54, 1.807) is 0 Å². The summed E-state index contributed by atoms with van der Waals surface area (Å²) in [5, 5.41) is 3.47. The Bertz CT molecular complexity index is 615. The third-order valence-corrected chi connectivity index (χ3v) is 6.24. The standard InChI is InChI=1S/C17H17BrN2S/c18-12-11-19-10-9-13(12)20-14-5-1-3-7-16(14)21-17-8-4-2-6-15(17)20/h1-8,12-13,19H,9-11H2. The molecule has 0 saturated carbocycles. The monoisotopic (exact) mass is 360 g/mol. The van der Waals surface area contributed by atoms with Crippen LogP contribution in [0, 0.1) is 0 Å². The molecule has 0 amide bonds. The van der Waals surface area contributed by atoms with Gasteiger partial charge in [0.1, 0.15) is 0 Å². The molecule has 4 heteroatoms. The fourth-order valence-electron chi connectivity index (χ4n) is 3.19. The molecule has 1 fully saturated rings. The van der Waals surface area contributed by atoms with Gasteiger partial charge in [0.25, 0.3) is 0 Å². The topological polar surface area (TPSA) is 15.3 Å². The van der Waals surface area contributed by atoms with Crippen LogP contribution in [0.4, 0.5) is 11.4 Å². The van der Waals surface area contributed by atoms with E-state index in [9.17, 15) is 0 Å². The molecule has 21 heavy (non-hydrogen) atoms. The Kier molecular flexibility index (Phi) is 3.69. The Balaban J connectivity index is 1.85. The second-order valence-corrected chi connectivity index (χ2v) is 7.74. The van der Waals surface area contributed by atoms with E-state index in [2.05, 4.69) is 74.7 Å². The zero-order valence-electron chi connectivity index (χ0n) is 11.6. The van der Waals surface area contributed by atoms with Gasteiger partial charge < -0.3 is 10.2 Å². The number of rotatable bonds is 1. The Morgan fingerprint density at radius 2 is 1.62 bits per heavy atom. The maximum absolute atomic E-state index is 3.88. The zero-order valence-corrected chi connectivity index (χ0v) is 14.0. The van der Waals surface area contributed by atoms with Crippen molar-refractivity contribution in [3.8, 4) is 0 Å². The van der Waals surface area contributed by atoms with Crippen LogP contribution in [0.3, 0.4) is 0 Å². The largest absolute Gasteiger partial charge is 0.335 e. The van der Waals surface area contributed by atoms with E-state index in [-0.39, 0.29) is 0 Å². The van der Waals surface area contributed by atoms with E-state index in [1.165, 1.54) is 21.2 Å². The molecule has 108 valence electrons. The predicted molar refractivity (Wildman–Crippen MR) is 93.1 cm³/mol. The maximum atomic E-state index is 3.88. The van der Waals surface area contributed by atoms with Crippen molar-refractivity contribution >= 4 is 39.1 Å². The summed E-state index contributed by atoms with van der Waals surface area (Å²) >= 11 is 5.76. The molecular formula is C17H17BrN2S. The molecule has 1 N–H and O–H groups in total. The van der Waals surface area contributed by atoms with Gasteiger partial charge in [-0.3, -0.25) is 0 Å². The van der Waals surface area contributed by atoms with Crippen molar-refractivity contribution in [1.82, 2.24) is 5.32 Å². The first-order valence-corrected chi connectivity index (χ1v) is 9.08. The lowest BCUT2D eigenvalue weighted by Crippen LogP contribution is -2.49. The number of hydrogen-bond donors (Lipinski definition) is 1. The van der Waals surface area contributed by atoms with Crippen LogP contribution in [0.1, 0.15) is 6.42 Å². The number of para-hydroxylation sites is 2. The van der Waals surface area contributed by atoms with Crippen LogP contribution in [0.15, 0.2) is 58.3 Å². The number of nitrogens with one attached hydrogen (secondary N) is 1. The minimum absolute atomic E-state index is 0.468. The summed E-state index contributed by atoms with van der Waals surface area (Å²) in [5.74, 6) is 0. The second-order valence-electron chi connectivity index (χ2n) is 5.48. The summed E-state index contributed by atoms with van der Waals surface area (Å²) in [7, 11) is 0. The van der Waals surface area contributed by atoms with Crippen LogP contribution in [-0.2, 0) is 0 Å². The molecule has 4 rings (SSSR count). The average Bonchev–Trinajstić information content (AvgIpc) is 2.53. The summed E-state index contributed by atoms with van der Waals surface area (Å²) < 4.78 is 0. The van der Waals surface area contributed by atoms with Gasteiger partial charge in [0.05, 0.1) is 11.4 Å². The molecule has 2 aliphatic heterocycles. The minimum Gasteiger partial charge on any atom is -0.335 e. The lowest BCUT2D eigenvalue weighted by molar-refractivity contribution is 0.465. The van der Waals surface area contributed by atoms with Gasteiger partial charge in [0, 0.05) is 27.2 Å². The lowest BCUT2D eigenvalue weighted by atomic mass is 10.0. The van der Waals surface area contributed by atoms with Gasteiger partial charge in [-0.1, -0.05) is 52.0 Å². The number of piperidine rings is 1. The van der Waals surface area contributed by atoms with Crippen molar-refractivity contribution in [3.63, 3.8) is 0 Å². The van der Waals surface area contributed by atoms with Crippen molar-refractivity contribution in [2.45, 2.75) is 27.1 Å². The second kappa shape index (κ2) is 5.67. The lowest BCUT2D eigenvalue weighted by Gasteiger charge is -2.42. The molecule has 2 aromatic rings. The molecule has 0 spiro atoms. The summed E-state index contributed by atoms with van der Waals surface area (Å²) in [6.45, 7) is 2.11. The van der Waals surface area contributed by atoms with Crippen LogP contribution in [0.2, 0.25) is 0 Å². The molecule has 1 saturated heterocycles. The van der Waals surface area contributed by atoms with Crippen molar-refractivity contribution < 1.29 is 0 Å². The molecule has 2 unspecified atom stereocenters. The molecule has 2 nitrogen and oxygen atoms in total. The minimum atomic E-state index is 0.468. The molecule has 2 heterocycles. The van der Waals surface area contributed by atoms with Gasteiger partial charge in [-0.2, -0.15) is 0 Å². The highest BCUT2D eigenvalue weighted by Crippen LogP contribution is 2.49. The van der Waals surface area contributed by atoms with E-state index in [4.69, 9.17) is 0 Å². The fraction of sp³-hybridized carbons (Fsp3) is 0.294. The molecule has 2 aromatic carbocycles. The molecular weight excluding hydrogens is 344 g/mol. The van der Waals surface area contributed by atoms with Gasteiger partial charge in [0.15, 0.2) is 0 Å². The third kappa shape index (κ3) is 2.39. The third-order valence-electron chi connectivity index (χ3n) is 4.17. The highest BCUT2D eigenvalue weighted by molar-refractivity contribution is 9.09. The van der Waals surface area contributed by atoms with Crippen molar-refractivity contribution in [2.24, 2.45) is 0 Å². The first-order chi connectivity index (χ1) is 10.3. The molecule has 0 aromatic heterocycles. The van der Waals surface area contributed by atoms with Crippen molar-refractivity contribution in [3.05, 3.63) is 48.5 Å². The number of anilines is 2. The molecule has 2 atom stereocenters. The van der Waals surface area contributed by atoms with Crippen LogP contribution in [0.25, 0.3) is 0 Å². The van der Waals surface area contributed by atoms with E-state index >= 15 is 0 Å². The van der Waals surface area contributed by atoms with Crippen LogP contribution in [-0.4, -0.2) is 24.0 Å². The first-order valence-electron chi connectivity index (χ1n) is 7.34. The van der Waals surface area contributed by atoms with E-state index in [1.807, 2.05) is 11.8 Å². The highest BCUT2D eigenvalue weighted by atomic mass is 79.9. The average molecular weight is 361 g/mol. The van der Waals surface area contributed by atoms with E-state index in [0.29, 0.717) is 10.9 Å². The maximum Gasteiger partial charge on any atom is 0.0555 e. The molecule has 0 aliphatic carbocycles. The summed E-state index contributed by atoms with van der Waals surface area (Å²) in [5.41, 5.74) is 2.69. The summed E-state index contributed by atoms with van der Waals surface area (Å²) in [6, 6.07) is 18.0. The summed E-state index contributed by atoms with van der Waals surface area (Å²) in [4.78, 5) is 5.72. The number of fused-ring (bicyclic) bond motifs is 2. The SMILES string of the molecule is BrC1CNCCC1N1c2ccccc2Sc2ccccc21. The fourth-order valence-corrected chi connectivity index (χ4v) is 4.99. The number of alkyl halides is 1. The van der Waals surface area contributed by atoms with Crippen LogP contribution in [0.5, 0.6) is 0 Å². The Morgan fingerprint density at radius 3 is 2.24 bits per heavy atom. The van der Waals surface area contributed by atoms with Gasteiger partial charge in [0.2, 0.25) is 0 Å². The smallest absolute Gasteiger partial charge is 0.0555 e. The first kappa shape index (κ1) is 13.7. The number of halogens is 1. The van der Waals surface area contributed by atoms with Gasteiger partial charge in [-0.25, -0.2) is 0 Å². The highest BCUT2D eigenvalue weighted by Gasteiger charge is 2.34. The van der Waals surface area contributed by atoms with Crippen LogP contribution < -0.4 is 10.2 Å².